The van der Waals surface area contributed by atoms with Crippen molar-refractivity contribution < 1.29 is 14.3 Å². The van der Waals surface area contributed by atoms with E-state index in [0.717, 1.165) is 24.2 Å². The van der Waals surface area contributed by atoms with Crippen LogP contribution in [0.5, 0.6) is 11.5 Å². The van der Waals surface area contributed by atoms with Crippen LogP contribution in [0.2, 0.25) is 0 Å². The predicted octanol–water partition coefficient (Wildman–Crippen LogP) is 4.91. The van der Waals surface area contributed by atoms with Crippen molar-refractivity contribution in [1.29, 1.82) is 0 Å². The normalized spacial score (nSPS) is 11.7. The lowest BCUT2D eigenvalue weighted by atomic mass is 10.1. The van der Waals surface area contributed by atoms with Crippen molar-refractivity contribution in [2.45, 2.75) is 38.6 Å². The van der Waals surface area contributed by atoms with Crippen LogP contribution < -0.4 is 14.8 Å². The van der Waals surface area contributed by atoms with E-state index < -0.39 is 0 Å². The minimum Gasteiger partial charge on any atom is -0.493 e. The number of benzene rings is 2. The minimum atomic E-state index is -0.366. The first-order chi connectivity index (χ1) is 15.1. The largest absolute Gasteiger partial charge is 0.493 e. The molecule has 3 aromatic rings. The van der Waals surface area contributed by atoms with Gasteiger partial charge in [-0.15, -0.1) is 0 Å². The molecule has 6 nitrogen and oxygen atoms in total. The summed E-state index contributed by atoms with van der Waals surface area (Å²) in [6.07, 6.45) is 8.14. The van der Waals surface area contributed by atoms with Gasteiger partial charge in [-0.05, 0) is 30.2 Å². The van der Waals surface area contributed by atoms with Gasteiger partial charge in [0.2, 0.25) is 0 Å². The molecule has 0 aliphatic carbocycles. The summed E-state index contributed by atoms with van der Waals surface area (Å²) in [5.74, 6) is 1.76. The summed E-state index contributed by atoms with van der Waals surface area (Å²) in [5.41, 5.74) is 1.47. The number of carbonyl (C=O) groups is 1. The average molecular weight is 422 g/mol. The fourth-order valence-corrected chi connectivity index (χ4v) is 3.45. The minimum absolute atomic E-state index is 0.204. The van der Waals surface area contributed by atoms with Crippen LogP contribution in [0, 0.1) is 0 Å². The molecule has 0 fully saturated rings. The molecule has 0 saturated heterocycles. The Labute approximate surface area is 184 Å². The average Bonchev–Trinajstić information content (AvgIpc) is 3.23. The number of hydrogen-bond acceptors (Lipinski definition) is 4. The number of amides is 1. The Morgan fingerprint density at radius 2 is 1.90 bits per heavy atom. The quantitative estimate of drug-likeness (QED) is 0.447. The van der Waals surface area contributed by atoms with Gasteiger partial charge in [0, 0.05) is 25.0 Å². The first kappa shape index (κ1) is 22.4. The van der Waals surface area contributed by atoms with Crippen molar-refractivity contribution in [3.05, 3.63) is 77.9 Å². The maximum absolute atomic E-state index is 13.1. The van der Waals surface area contributed by atoms with Gasteiger partial charge in [-0.25, -0.2) is 4.98 Å². The zero-order valence-electron chi connectivity index (χ0n) is 18.5. The van der Waals surface area contributed by atoms with Crippen molar-refractivity contribution in [3.63, 3.8) is 0 Å². The van der Waals surface area contributed by atoms with Crippen LogP contribution in [0.1, 0.15) is 60.4 Å². The van der Waals surface area contributed by atoms with E-state index >= 15 is 0 Å². The molecule has 0 aliphatic rings. The molecule has 0 saturated carbocycles. The first-order valence-corrected chi connectivity index (χ1v) is 10.8. The summed E-state index contributed by atoms with van der Waals surface area (Å²) in [4.78, 5) is 17.5. The number of hydrogen-bond donors (Lipinski definition) is 1. The Hall–Kier alpha value is -3.28. The number of aryl methyl sites for hydroxylation is 1. The highest BCUT2D eigenvalue weighted by Gasteiger charge is 2.22. The smallest absolute Gasteiger partial charge is 0.252 e. The second-order valence-corrected chi connectivity index (χ2v) is 7.49. The van der Waals surface area contributed by atoms with Gasteiger partial charge in [0.15, 0.2) is 11.5 Å². The molecule has 1 unspecified atom stereocenters. The van der Waals surface area contributed by atoms with Crippen LogP contribution in [-0.2, 0) is 7.05 Å². The third kappa shape index (κ3) is 5.87. The number of imidazole rings is 1. The van der Waals surface area contributed by atoms with Gasteiger partial charge in [-0.1, -0.05) is 56.5 Å². The number of carbonyl (C=O) groups excluding carboxylic acids is 1. The lowest BCUT2D eigenvalue weighted by molar-refractivity contribution is 0.0940. The number of rotatable bonds is 11. The number of aromatic nitrogens is 2. The summed E-state index contributed by atoms with van der Waals surface area (Å²) < 4.78 is 13.2. The van der Waals surface area contributed by atoms with Crippen LogP contribution in [0.3, 0.4) is 0 Å². The third-order valence-corrected chi connectivity index (χ3v) is 5.21. The zero-order chi connectivity index (χ0) is 22.1. The Kier molecular flexibility index (Phi) is 8.10. The number of unbranched alkanes of at least 4 members (excludes halogenated alkanes) is 3. The van der Waals surface area contributed by atoms with Gasteiger partial charge in [0.1, 0.15) is 11.9 Å². The Morgan fingerprint density at radius 1 is 1.10 bits per heavy atom. The van der Waals surface area contributed by atoms with E-state index in [4.69, 9.17) is 9.47 Å². The molecule has 3 rings (SSSR count). The Bertz CT molecular complexity index is 969. The van der Waals surface area contributed by atoms with Gasteiger partial charge in [-0.3, -0.25) is 4.79 Å². The highest BCUT2D eigenvalue weighted by molar-refractivity contribution is 5.95. The molecule has 2 aromatic carbocycles. The number of nitrogens with zero attached hydrogens (tertiary/aromatic N) is 2. The van der Waals surface area contributed by atoms with E-state index in [2.05, 4.69) is 17.2 Å². The molecule has 1 N–H and O–H groups in total. The maximum Gasteiger partial charge on any atom is 0.252 e. The van der Waals surface area contributed by atoms with Crippen molar-refractivity contribution in [3.8, 4) is 11.5 Å². The van der Waals surface area contributed by atoms with E-state index in [0.29, 0.717) is 23.7 Å². The maximum atomic E-state index is 13.1. The Morgan fingerprint density at radius 3 is 2.58 bits per heavy atom. The molecule has 164 valence electrons. The summed E-state index contributed by atoms with van der Waals surface area (Å²) in [5, 5.41) is 3.11. The van der Waals surface area contributed by atoms with E-state index in [1.807, 2.05) is 48.1 Å². The fraction of sp³-hybridized carbons (Fsp3) is 0.360. The first-order valence-electron chi connectivity index (χ1n) is 10.8. The van der Waals surface area contributed by atoms with Gasteiger partial charge in [0.05, 0.1) is 13.7 Å². The molecule has 0 spiro atoms. The van der Waals surface area contributed by atoms with Crippen LogP contribution in [0.15, 0.2) is 60.9 Å². The highest BCUT2D eigenvalue weighted by atomic mass is 16.5. The number of methoxy groups -OCH3 is 1. The molecule has 1 atom stereocenters. The molecule has 1 aromatic heterocycles. The second kappa shape index (κ2) is 11.2. The fourth-order valence-electron chi connectivity index (χ4n) is 3.45. The number of nitrogens with one attached hydrogen (secondary N) is 1. The summed E-state index contributed by atoms with van der Waals surface area (Å²) in [6, 6.07) is 14.7. The summed E-state index contributed by atoms with van der Waals surface area (Å²) >= 11 is 0. The molecule has 1 amide bonds. The molecule has 0 aliphatic heterocycles. The van der Waals surface area contributed by atoms with Crippen LogP contribution in [0.25, 0.3) is 0 Å². The standard InChI is InChI=1S/C25H31N3O3/c1-4-5-6-10-17-31-21-14-13-20(18-22(21)30-3)25(29)27-23(19-11-8-7-9-12-19)24-26-15-16-28(24)2/h7-9,11-16,18,23H,4-6,10,17H2,1-3H3,(H,27,29). The van der Waals surface area contributed by atoms with E-state index in [1.54, 1.807) is 31.5 Å². The Balaban J connectivity index is 1.75. The van der Waals surface area contributed by atoms with E-state index in [-0.39, 0.29) is 11.9 Å². The van der Waals surface area contributed by atoms with E-state index in [9.17, 15) is 4.79 Å². The molecular formula is C25H31N3O3. The third-order valence-electron chi connectivity index (χ3n) is 5.21. The van der Waals surface area contributed by atoms with Crippen molar-refractivity contribution in [2.75, 3.05) is 13.7 Å². The van der Waals surface area contributed by atoms with Crippen LogP contribution in [-0.4, -0.2) is 29.2 Å². The van der Waals surface area contributed by atoms with Crippen LogP contribution >= 0.6 is 0 Å². The van der Waals surface area contributed by atoms with Gasteiger partial charge in [0.25, 0.3) is 5.91 Å². The van der Waals surface area contributed by atoms with Crippen molar-refractivity contribution >= 4 is 5.91 Å². The van der Waals surface area contributed by atoms with Gasteiger partial charge >= 0.3 is 0 Å². The molecule has 0 radical (unpaired) electrons. The SMILES string of the molecule is CCCCCCOc1ccc(C(=O)NC(c2ccccc2)c2nccn2C)cc1OC. The van der Waals surface area contributed by atoms with E-state index in [1.165, 1.54) is 12.8 Å². The molecular weight excluding hydrogens is 390 g/mol. The molecule has 0 bridgehead atoms. The lowest BCUT2D eigenvalue weighted by Crippen LogP contribution is -2.31. The molecule has 6 heteroatoms. The van der Waals surface area contributed by atoms with Crippen LogP contribution in [0.4, 0.5) is 0 Å². The molecule has 31 heavy (non-hydrogen) atoms. The molecule has 1 heterocycles. The van der Waals surface area contributed by atoms with Crippen molar-refractivity contribution in [1.82, 2.24) is 14.9 Å². The highest BCUT2D eigenvalue weighted by Crippen LogP contribution is 2.29. The van der Waals surface area contributed by atoms with Gasteiger partial charge < -0.3 is 19.4 Å². The topological polar surface area (TPSA) is 65.4 Å². The van der Waals surface area contributed by atoms with Gasteiger partial charge in [-0.2, -0.15) is 0 Å². The number of ether oxygens (including phenoxy) is 2. The van der Waals surface area contributed by atoms with Crippen molar-refractivity contribution in [2.24, 2.45) is 7.05 Å². The lowest BCUT2D eigenvalue weighted by Gasteiger charge is -2.19. The monoisotopic (exact) mass is 421 g/mol. The predicted molar refractivity (Wildman–Crippen MR) is 122 cm³/mol. The summed E-state index contributed by atoms with van der Waals surface area (Å²) in [6.45, 7) is 2.82. The second-order valence-electron chi connectivity index (χ2n) is 7.49. The summed E-state index contributed by atoms with van der Waals surface area (Å²) in [7, 11) is 3.50. The zero-order valence-corrected chi connectivity index (χ0v) is 18.5.